The summed E-state index contributed by atoms with van der Waals surface area (Å²) >= 11 is 0. The van der Waals surface area contributed by atoms with Crippen LogP contribution in [0.3, 0.4) is 0 Å². The lowest BCUT2D eigenvalue weighted by atomic mass is 10.1. The number of halogens is 4. The van der Waals surface area contributed by atoms with E-state index in [-0.39, 0.29) is 30.2 Å². The van der Waals surface area contributed by atoms with Gasteiger partial charge in [0.25, 0.3) is 0 Å². The van der Waals surface area contributed by atoms with Gasteiger partial charge in [0.05, 0.1) is 17.2 Å². The average molecular weight is 366 g/mol. The summed E-state index contributed by atoms with van der Waals surface area (Å²) in [5, 5.41) is 2.43. The van der Waals surface area contributed by atoms with Gasteiger partial charge in [-0.3, -0.25) is 9.59 Å². The predicted molar refractivity (Wildman–Crippen MR) is 86.9 cm³/mol. The van der Waals surface area contributed by atoms with E-state index in [2.05, 4.69) is 5.32 Å². The molecular formula is C18H14F4N2O2. The number of nitrogens with zero attached hydrogens (tertiary/aromatic N) is 1. The van der Waals surface area contributed by atoms with Crippen molar-refractivity contribution >= 4 is 23.2 Å². The molecule has 1 unspecified atom stereocenters. The first-order valence-electron chi connectivity index (χ1n) is 7.79. The lowest BCUT2D eigenvalue weighted by molar-refractivity contribution is -0.137. The zero-order valence-corrected chi connectivity index (χ0v) is 13.4. The molecule has 0 spiro atoms. The van der Waals surface area contributed by atoms with Crippen LogP contribution in [-0.4, -0.2) is 18.4 Å². The lowest BCUT2D eigenvalue weighted by Crippen LogP contribution is -2.28. The first-order chi connectivity index (χ1) is 12.3. The number of carbonyl (C=O) groups is 2. The SMILES string of the molecule is O=C(Nc1ccccc1F)C1CC(=O)N(c2ccc(C(F)(F)F)cc2)C1. The molecule has 2 aromatic rings. The first kappa shape index (κ1) is 17.9. The van der Waals surface area contributed by atoms with Crippen molar-refractivity contribution in [2.75, 3.05) is 16.8 Å². The summed E-state index contributed by atoms with van der Waals surface area (Å²) in [6, 6.07) is 9.80. The Kier molecular flexibility index (Phi) is 4.67. The Hall–Kier alpha value is -2.90. The Morgan fingerprint density at radius 2 is 1.73 bits per heavy atom. The third-order valence-corrected chi connectivity index (χ3v) is 4.13. The Morgan fingerprint density at radius 1 is 1.08 bits per heavy atom. The van der Waals surface area contributed by atoms with E-state index in [0.29, 0.717) is 0 Å². The highest BCUT2D eigenvalue weighted by Gasteiger charge is 2.36. The van der Waals surface area contributed by atoms with Crippen LogP contribution in [0.2, 0.25) is 0 Å². The van der Waals surface area contributed by atoms with E-state index in [1.165, 1.54) is 35.2 Å². The molecule has 0 aromatic heterocycles. The second-order valence-corrected chi connectivity index (χ2v) is 5.92. The van der Waals surface area contributed by atoms with E-state index in [4.69, 9.17) is 0 Å². The lowest BCUT2D eigenvalue weighted by Gasteiger charge is -2.17. The van der Waals surface area contributed by atoms with E-state index < -0.39 is 29.4 Å². The van der Waals surface area contributed by atoms with Gasteiger partial charge in [-0.1, -0.05) is 12.1 Å². The van der Waals surface area contributed by atoms with Crippen molar-refractivity contribution in [3.05, 3.63) is 59.9 Å². The Morgan fingerprint density at radius 3 is 2.35 bits per heavy atom. The monoisotopic (exact) mass is 366 g/mol. The van der Waals surface area contributed by atoms with E-state index >= 15 is 0 Å². The third-order valence-electron chi connectivity index (χ3n) is 4.13. The van der Waals surface area contributed by atoms with E-state index in [9.17, 15) is 27.2 Å². The Balaban J connectivity index is 1.70. The van der Waals surface area contributed by atoms with Crippen LogP contribution in [0.15, 0.2) is 48.5 Å². The maximum atomic E-state index is 13.6. The summed E-state index contributed by atoms with van der Waals surface area (Å²) in [6.07, 6.45) is -4.56. The van der Waals surface area contributed by atoms with Crippen LogP contribution in [0.25, 0.3) is 0 Å². The maximum absolute atomic E-state index is 13.6. The number of nitrogens with one attached hydrogen (secondary N) is 1. The molecule has 1 heterocycles. The first-order valence-corrected chi connectivity index (χ1v) is 7.79. The molecule has 2 aromatic carbocycles. The highest BCUT2D eigenvalue weighted by molar-refractivity contribution is 6.03. The number of benzene rings is 2. The molecule has 0 bridgehead atoms. The normalized spacial score (nSPS) is 17.5. The smallest absolute Gasteiger partial charge is 0.323 e. The standard InChI is InChI=1S/C18H14F4N2O2/c19-14-3-1-2-4-15(14)23-17(26)11-9-16(25)24(10-11)13-7-5-12(6-8-13)18(20,21)22/h1-8,11H,9-10H2,(H,23,26). The van der Waals surface area contributed by atoms with Crippen LogP contribution < -0.4 is 10.2 Å². The van der Waals surface area contributed by atoms with Crippen molar-refractivity contribution in [3.63, 3.8) is 0 Å². The fraction of sp³-hybridized carbons (Fsp3) is 0.222. The molecule has 1 aliphatic rings. The number of anilines is 2. The Labute approximate surface area is 146 Å². The summed E-state index contributed by atoms with van der Waals surface area (Å²) < 4.78 is 51.5. The second kappa shape index (κ2) is 6.78. The Bertz CT molecular complexity index is 834. The molecule has 136 valence electrons. The molecule has 1 N–H and O–H groups in total. The van der Waals surface area contributed by atoms with Gasteiger partial charge in [0.2, 0.25) is 11.8 Å². The number of rotatable bonds is 3. The van der Waals surface area contributed by atoms with Gasteiger partial charge >= 0.3 is 6.18 Å². The van der Waals surface area contributed by atoms with Gasteiger partial charge in [-0.15, -0.1) is 0 Å². The van der Waals surface area contributed by atoms with Gasteiger partial charge in [-0.25, -0.2) is 4.39 Å². The number of amides is 2. The molecule has 0 radical (unpaired) electrons. The van der Waals surface area contributed by atoms with Gasteiger partial charge < -0.3 is 10.2 Å². The highest BCUT2D eigenvalue weighted by Crippen LogP contribution is 2.32. The number of hydrogen-bond donors (Lipinski definition) is 1. The van der Waals surface area contributed by atoms with Crippen molar-refractivity contribution in [2.24, 2.45) is 5.92 Å². The fourth-order valence-corrected chi connectivity index (χ4v) is 2.76. The number of hydrogen-bond acceptors (Lipinski definition) is 2. The molecule has 1 saturated heterocycles. The number of para-hydroxylation sites is 1. The summed E-state index contributed by atoms with van der Waals surface area (Å²) in [5.41, 5.74) is -0.524. The number of carbonyl (C=O) groups excluding carboxylic acids is 2. The number of alkyl halides is 3. The van der Waals surface area contributed by atoms with Crippen LogP contribution in [0.5, 0.6) is 0 Å². The summed E-state index contributed by atoms with van der Waals surface area (Å²) in [7, 11) is 0. The van der Waals surface area contributed by atoms with Crippen molar-refractivity contribution in [1.29, 1.82) is 0 Å². The van der Waals surface area contributed by atoms with Gasteiger partial charge in [-0.05, 0) is 36.4 Å². The van der Waals surface area contributed by atoms with Crippen LogP contribution in [0, 0.1) is 11.7 Å². The van der Waals surface area contributed by atoms with E-state index in [1.54, 1.807) is 6.07 Å². The van der Waals surface area contributed by atoms with Crippen LogP contribution in [-0.2, 0) is 15.8 Å². The van der Waals surface area contributed by atoms with Crippen LogP contribution >= 0.6 is 0 Å². The molecule has 0 aliphatic carbocycles. The molecule has 1 fully saturated rings. The minimum absolute atomic E-state index is 0.0120. The average Bonchev–Trinajstić information content (AvgIpc) is 2.98. The molecule has 1 atom stereocenters. The second-order valence-electron chi connectivity index (χ2n) is 5.92. The molecule has 26 heavy (non-hydrogen) atoms. The maximum Gasteiger partial charge on any atom is 0.416 e. The molecule has 1 aliphatic heterocycles. The molecule has 8 heteroatoms. The third kappa shape index (κ3) is 3.68. The van der Waals surface area contributed by atoms with Crippen molar-refractivity contribution < 1.29 is 27.2 Å². The minimum Gasteiger partial charge on any atom is -0.323 e. The van der Waals surface area contributed by atoms with Crippen LogP contribution in [0.4, 0.5) is 28.9 Å². The zero-order chi connectivity index (χ0) is 18.9. The summed E-state index contributed by atoms with van der Waals surface area (Å²) in [6.45, 7) is 0.0183. The molecule has 0 saturated carbocycles. The van der Waals surface area contributed by atoms with Gasteiger partial charge in [-0.2, -0.15) is 13.2 Å². The largest absolute Gasteiger partial charge is 0.416 e. The van der Waals surface area contributed by atoms with E-state index in [0.717, 1.165) is 12.1 Å². The fourth-order valence-electron chi connectivity index (χ4n) is 2.76. The van der Waals surface area contributed by atoms with Crippen molar-refractivity contribution in [3.8, 4) is 0 Å². The van der Waals surface area contributed by atoms with E-state index in [1.807, 2.05) is 0 Å². The molecule has 3 rings (SSSR count). The summed E-state index contributed by atoms with van der Waals surface area (Å²) in [4.78, 5) is 25.7. The van der Waals surface area contributed by atoms with Gasteiger partial charge in [0.15, 0.2) is 0 Å². The zero-order valence-electron chi connectivity index (χ0n) is 13.4. The van der Waals surface area contributed by atoms with Crippen LogP contribution in [0.1, 0.15) is 12.0 Å². The molecule has 2 amide bonds. The quantitative estimate of drug-likeness (QED) is 0.840. The molecular weight excluding hydrogens is 352 g/mol. The summed E-state index contributed by atoms with van der Waals surface area (Å²) in [5.74, 6) is -2.20. The van der Waals surface area contributed by atoms with Crippen molar-refractivity contribution in [2.45, 2.75) is 12.6 Å². The minimum atomic E-state index is -4.46. The van der Waals surface area contributed by atoms with Gasteiger partial charge in [0.1, 0.15) is 5.82 Å². The highest BCUT2D eigenvalue weighted by atomic mass is 19.4. The predicted octanol–water partition coefficient (Wildman–Crippen LogP) is 3.84. The topological polar surface area (TPSA) is 49.4 Å². The molecule has 4 nitrogen and oxygen atoms in total. The van der Waals surface area contributed by atoms with Crippen molar-refractivity contribution in [1.82, 2.24) is 0 Å². The van der Waals surface area contributed by atoms with Gasteiger partial charge in [0, 0.05) is 18.7 Å².